The van der Waals surface area contributed by atoms with E-state index >= 15 is 0 Å². The van der Waals surface area contributed by atoms with E-state index in [1.807, 2.05) is 30.3 Å². The molecule has 1 saturated heterocycles. The number of carbonyl (C=O) groups is 2. The number of hydrogen-bond donors (Lipinski definition) is 1. The molecule has 1 N–H and O–H groups in total. The minimum Gasteiger partial charge on any atom is -0.355 e. The summed E-state index contributed by atoms with van der Waals surface area (Å²) in [6, 6.07) is 10.3. The standard InChI is InChI=1S/C17H23N3O2/c1-19(14-7-8-14)10-9-18-17(22)13-11-16(21)20(12-13)15-5-3-2-4-6-15/h2-6,13-14H,7-12H2,1H3,(H,18,22)/t13-/m1/s1. The Kier molecular flexibility index (Phi) is 4.43. The number of nitrogens with one attached hydrogen (secondary N) is 1. The molecule has 5 heteroatoms. The van der Waals surface area contributed by atoms with Crippen molar-refractivity contribution in [3.05, 3.63) is 30.3 Å². The number of nitrogens with zero attached hydrogens (tertiary/aromatic N) is 2. The Hall–Kier alpha value is -1.88. The summed E-state index contributed by atoms with van der Waals surface area (Å²) in [5.74, 6) is -0.212. The van der Waals surface area contributed by atoms with E-state index in [0.29, 0.717) is 25.6 Å². The third kappa shape index (κ3) is 3.47. The lowest BCUT2D eigenvalue weighted by atomic mass is 10.1. The van der Waals surface area contributed by atoms with Gasteiger partial charge in [0.1, 0.15) is 0 Å². The highest BCUT2D eigenvalue weighted by Crippen LogP contribution is 2.25. The molecule has 22 heavy (non-hydrogen) atoms. The summed E-state index contributed by atoms with van der Waals surface area (Å²) in [5, 5.41) is 2.97. The highest BCUT2D eigenvalue weighted by molar-refractivity contribution is 6.00. The molecular weight excluding hydrogens is 278 g/mol. The van der Waals surface area contributed by atoms with Crippen LogP contribution in [0.2, 0.25) is 0 Å². The molecule has 1 aliphatic heterocycles. The molecule has 118 valence electrons. The van der Waals surface area contributed by atoms with E-state index in [-0.39, 0.29) is 17.7 Å². The zero-order valence-electron chi connectivity index (χ0n) is 13.0. The van der Waals surface area contributed by atoms with E-state index in [9.17, 15) is 9.59 Å². The first-order valence-electron chi connectivity index (χ1n) is 7.98. The van der Waals surface area contributed by atoms with Crippen molar-refractivity contribution in [3.63, 3.8) is 0 Å². The third-order valence-electron chi connectivity index (χ3n) is 4.50. The number of para-hydroxylation sites is 1. The molecule has 2 amide bonds. The molecule has 1 aliphatic carbocycles. The zero-order chi connectivity index (χ0) is 15.5. The van der Waals surface area contributed by atoms with Crippen LogP contribution in [0.3, 0.4) is 0 Å². The average molecular weight is 301 g/mol. The lowest BCUT2D eigenvalue weighted by Gasteiger charge is -2.18. The monoisotopic (exact) mass is 301 g/mol. The molecule has 2 aliphatic rings. The Morgan fingerprint density at radius 3 is 2.73 bits per heavy atom. The van der Waals surface area contributed by atoms with Crippen molar-refractivity contribution in [2.45, 2.75) is 25.3 Å². The molecule has 0 bridgehead atoms. The predicted molar refractivity (Wildman–Crippen MR) is 85.6 cm³/mol. The summed E-state index contributed by atoms with van der Waals surface area (Å²) in [4.78, 5) is 28.3. The number of rotatable bonds is 6. The number of benzene rings is 1. The van der Waals surface area contributed by atoms with Gasteiger partial charge in [-0.25, -0.2) is 0 Å². The molecule has 1 heterocycles. The molecule has 2 fully saturated rings. The van der Waals surface area contributed by atoms with E-state index in [2.05, 4.69) is 17.3 Å². The SMILES string of the molecule is CN(CCNC(=O)[C@@H]1CC(=O)N(c2ccccc2)C1)C1CC1. The maximum Gasteiger partial charge on any atom is 0.227 e. The van der Waals surface area contributed by atoms with E-state index in [1.165, 1.54) is 12.8 Å². The maximum atomic E-state index is 12.2. The Bertz CT molecular complexity index is 542. The molecule has 0 radical (unpaired) electrons. The summed E-state index contributed by atoms with van der Waals surface area (Å²) < 4.78 is 0. The van der Waals surface area contributed by atoms with Crippen LogP contribution in [0.5, 0.6) is 0 Å². The summed E-state index contributed by atoms with van der Waals surface area (Å²) in [6.45, 7) is 2.01. The minimum absolute atomic E-state index is 0.00372. The molecule has 3 rings (SSSR count). The molecule has 1 saturated carbocycles. The van der Waals surface area contributed by atoms with Gasteiger partial charge in [-0.3, -0.25) is 9.59 Å². The second kappa shape index (κ2) is 6.48. The number of anilines is 1. The molecule has 0 aromatic heterocycles. The van der Waals surface area contributed by atoms with Crippen molar-refractivity contribution < 1.29 is 9.59 Å². The van der Waals surface area contributed by atoms with Gasteiger partial charge < -0.3 is 15.1 Å². The van der Waals surface area contributed by atoms with Gasteiger partial charge in [-0.05, 0) is 32.0 Å². The molecule has 0 unspecified atom stereocenters. The van der Waals surface area contributed by atoms with E-state index in [4.69, 9.17) is 0 Å². The van der Waals surface area contributed by atoms with Crippen molar-refractivity contribution >= 4 is 17.5 Å². The number of carbonyl (C=O) groups excluding carboxylic acids is 2. The first-order valence-corrected chi connectivity index (χ1v) is 7.98. The lowest BCUT2D eigenvalue weighted by molar-refractivity contribution is -0.126. The van der Waals surface area contributed by atoms with Crippen LogP contribution in [0.4, 0.5) is 5.69 Å². The largest absolute Gasteiger partial charge is 0.355 e. The van der Waals surface area contributed by atoms with Crippen LogP contribution in [0.15, 0.2) is 30.3 Å². The first kappa shape index (κ1) is 15.0. The van der Waals surface area contributed by atoms with Gasteiger partial charge in [0.2, 0.25) is 11.8 Å². The number of hydrogen-bond acceptors (Lipinski definition) is 3. The van der Waals surface area contributed by atoms with Gasteiger partial charge in [0.25, 0.3) is 0 Å². The van der Waals surface area contributed by atoms with Crippen molar-refractivity contribution in [2.75, 3.05) is 31.6 Å². The van der Waals surface area contributed by atoms with Crippen LogP contribution in [-0.2, 0) is 9.59 Å². The average Bonchev–Trinajstić information content (AvgIpc) is 3.30. The van der Waals surface area contributed by atoms with Gasteiger partial charge in [0, 0.05) is 37.8 Å². The van der Waals surface area contributed by atoms with Crippen LogP contribution in [0.25, 0.3) is 0 Å². The van der Waals surface area contributed by atoms with Crippen LogP contribution >= 0.6 is 0 Å². The highest BCUT2D eigenvalue weighted by atomic mass is 16.2. The van der Waals surface area contributed by atoms with Gasteiger partial charge in [-0.15, -0.1) is 0 Å². The van der Waals surface area contributed by atoms with Gasteiger partial charge in [-0.1, -0.05) is 18.2 Å². The second-order valence-electron chi connectivity index (χ2n) is 6.24. The van der Waals surface area contributed by atoms with Crippen molar-refractivity contribution in [3.8, 4) is 0 Å². The second-order valence-corrected chi connectivity index (χ2v) is 6.24. The number of amides is 2. The van der Waals surface area contributed by atoms with Crippen LogP contribution in [-0.4, -0.2) is 49.4 Å². The molecular formula is C17H23N3O2. The topological polar surface area (TPSA) is 52.7 Å². The fourth-order valence-electron chi connectivity index (χ4n) is 2.94. The maximum absolute atomic E-state index is 12.2. The van der Waals surface area contributed by atoms with Gasteiger partial charge >= 0.3 is 0 Å². The first-order chi connectivity index (χ1) is 10.6. The van der Waals surface area contributed by atoms with Crippen molar-refractivity contribution in [1.29, 1.82) is 0 Å². The van der Waals surface area contributed by atoms with E-state index in [1.54, 1.807) is 4.90 Å². The normalized spacial score (nSPS) is 21.5. The van der Waals surface area contributed by atoms with Gasteiger partial charge in [0.05, 0.1) is 5.92 Å². The van der Waals surface area contributed by atoms with Gasteiger partial charge in [-0.2, -0.15) is 0 Å². The fourth-order valence-corrected chi connectivity index (χ4v) is 2.94. The summed E-state index contributed by atoms with van der Waals surface area (Å²) in [6.07, 6.45) is 2.85. The summed E-state index contributed by atoms with van der Waals surface area (Å²) in [7, 11) is 2.10. The lowest BCUT2D eigenvalue weighted by Crippen LogP contribution is -2.38. The Morgan fingerprint density at radius 2 is 2.05 bits per heavy atom. The molecule has 0 spiro atoms. The quantitative estimate of drug-likeness (QED) is 0.860. The fraction of sp³-hybridized carbons (Fsp3) is 0.529. The molecule has 1 aromatic carbocycles. The Morgan fingerprint density at radius 1 is 1.32 bits per heavy atom. The van der Waals surface area contributed by atoms with E-state index < -0.39 is 0 Å². The Labute approximate surface area is 131 Å². The van der Waals surface area contributed by atoms with Crippen LogP contribution in [0.1, 0.15) is 19.3 Å². The molecule has 5 nitrogen and oxygen atoms in total. The van der Waals surface area contributed by atoms with Crippen LogP contribution < -0.4 is 10.2 Å². The molecule has 1 atom stereocenters. The van der Waals surface area contributed by atoms with Crippen molar-refractivity contribution in [2.24, 2.45) is 5.92 Å². The molecule has 1 aromatic rings. The van der Waals surface area contributed by atoms with Gasteiger partial charge in [0.15, 0.2) is 0 Å². The van der Waals surface area contributed by atoms with E-state index in [0.717, 1.165) is 12.2 Å². The smallest absolute Gasteiger partial charge is 0.227 e. The van der Waals surface area contributed by atoms with Crippen molar-refractivity contribution in [1.82, 2.24) is 10.2 Å². The summed E-state index contributed by atoms with van der Waals surface area (Å²) in [5.41, 5.74) is 0.872. The highest BCUT2D eigenvalue weighted by Gasteiger charge is 2.35. The predicted octanol–water partition coefficient (Wildman–Crippen LogP) is 1.25. The minimum atomic E-state index is -0.237. The van der Waals surface area contributed by atoms with Crippen LogP contribution in [0, 0.1) is 5.92 Å². The summed E-state index contributed by atoms with van der Waals surface area (Å²) >= 11 is 0. The number of likely N-dealkylation sites (N-methyl/N-ethyl adjacent to an activating group) is 1. The Balaban J connectivity index is 1.48. The third-order valence-corrected chi connectivity index (χ3v) is 4.50. The zero-order valence-corrected chi connectivity index (χ0v) is 13.0.